The van der Waals surface area contributed by atoms with Crippen LogP contribution in [0.4, 0.5) is 4.79 Å². The zero-order chi connectivity index (χ0) is 33.1. The summed E-state index contributed by atoms with van der Waals surface area (Å²) in [6, 6.07) is 21.1. The molecule has 1 N–H and O–H groups in total. The monoisotopic (exact) mass is 627 g/mol. The normalized spacial score (nSPS) is 19.4. The number of methoxy groups -OCH3 is 1. The van der Waals surface area contributed by atoms with Gasteiger partial charge in [-0.3, -0.25) is 14.4 Å². The third-order valence-electron chi connectivity index (χ3n) is 8.39. The Labute approximate surface area is 269 Å². The van der Waals surface area contributed by atoms with Gasteiger partial charge in [0.2, 0.25) is 11.8 Å². The highest BCUT2D eigenvalue weighted by Crippen LogP contribution is 2.51. The van der Waals surface area contributed by atoms with Crippen LogP contribution in [0.25, 0.3) is 10.8 Å². The van der Waals surface area contributed by atoms with Gasteiger partial charge in [0, 0.05) is 31.8 Å². The van der Waals surface area contributed by atoms with Crippen molar-refractivity contribution in [2.45, 2.75) is 52.8 Å². The number of likely N-dealkylation sites (tertiary alicyclic amines) is 1. The molecule has 3 aromatic carbocycles. The maximum Gasteiger partial charge on any atom is 0.410 e. The topological polar surface area (TPSA) is 114 Å². The minimum Gasteiger partial charge on any atom is -0.497 e. The van der Waals surface area contributed by atoms with E-state index in [1.807, 2.05) is 54.6 Å². The van der Waals surface area contributed by atoms with Crippen molar-refractivity contribution in [3.05, 3.63) is 89.6 Å². The smallest absolute Gasteiger partial charge is 0.410 e. The molecule has 0 radical (unpaired) electrons. The molecule has 46 heavy (non-hydrogen) atoms. The number of benzene rings is 3. The van der Waals surface area contributed by atoms with Crippen molar-refractivity contribution in [1.82, 2.24) is 15.1 Å². The van der Waals surface area contributed by atoms with E-state index < -0.39 is 34.9 Å². The number of carbonyl (C=O) groups excluding carboxylic acids is 4. The second-order valence-corrected chi connectivity index (χ2v) is 12.6. The lowest BCUT2D eigenvalue weighted by Crippen LogP contribution is -2.54. The fraction of sp³-hybridized carbons (Fsp3) is 0.389. The summed E-state index contributed by atoms with van der Waals surface area (Å²) in [6.45, 7) is 7.39. The third kappa shape index (κ3) is 6.56. The summed E-state index contributed by atoms with van der Waals surface area (Å²) in [7, 11) is 1.58. The van der Waals surface area contributed by atoms with Crippen molar-refractivity contribution in [1.29, 1.82) is 0 Å². The first kappa shape index (κ1) is 32.5. The minimum absolute atomic E-state index is 0.0625. The van der Waals surface area contributed by atoms with E-state index in [1.54, 1.807) is 57.9 Å². The second kappa shape index (κ2) is 13.2. The molecule has 3 amide bonds. The minimum atomic E-state index is -1.61. The molecule has 0 saturated carbocycles. The largest absolute Gasteiger partial charge is 0.497 e. The van der Waals surface area contributed by atoms with Crippen LogP contribution in [0.15, 0.2) is 78.5 Å². The highest BCUT2D eigenvalue weighted by Gasteiger charge is 2.64. The maximum absolute atomic E-state index is 14.3. The number of nitrogens with zero attached hydrogens (tertiary/aromatic N) is 2. The van der Waals surface area contributed by atoms with Crippen LogP contribution >= 0.6 is 0 Å². The molecular weight excluding hydrogens is 586 g/mol. The molecule has 242 valence electrons. The van der Waals surface area contributed by atoms with Crippen molar-refractivity contribution in [3.63, 3.8) is 0 Å². The van der Waals surface area contributed by atoms with E-state index in [-0.39, 0.29) is 45.1 Å². The summed E-state index contributed by atoms with van der Waals surface area (Å²) in [5, 5.41) is 5.03. The lowest BCUT2D eigenvalue weighted by Gasteiger charge is -2.40. The molecule has 0 unspecified atom stereocenters. The highest BCUT2D eigenvalue weighted by atomic mass is 16.6. The van der Waals surface area contributed by atoms with Crippen molar-refractivity contribution < 1.29 is 33.4 Å². The molecule has 3 aromatic rings. The van der Waals surface area contributed by atoms with Gasteiger partial charge in [0.25, 0.3) is 0 Å². The molecule has 5 rings (SSSR count). The molecule has 10 heteroatoms. The highest BCUT2D eigenvalue weighted by molar-refractivity contribution is 5.99. The van der Waals surface area contributed by atoms with E-state index in [0.717, 1.165) is 21.9 Å². The summed E-state index contributed by atoms with van der Waals surface area (Å²) in [6.07, 6.45) is 0.813. The quantitative estimate of drug-likeness (QED) is 0.325. The van der Waals surface area contributed by atoms with E-state index in [2.05, 4.69) is 5.32 Å². The zero-order valence-electron chi connectivity index (χ0n) is 27.0. The van der Waals surface area contributed by atoms with Crippen LogP contribution in [0.2, 0.25) is 0 Å². The van der Waals surface area contributed by atoms with Gasteiger partial charge in [-0.15, -0.1) is 0 Å². The lowest BCUT2D eigenvalue weighted by molar-refractivity contribution is -0.158. The number of esters is 1. The first-order chi connectivity index (χ1) is 22.0. The standard InChI is InChI=1S/C36H41N3O7/c1-6-45-33(42)36-23-38(34(43)46-35(2,3)4)19-18-30(36)39(22-24-14-16-27(44-5)17-15-24)32(41)29(36)20-31(40)37-21-26-12-9-11-25-10-7-8-13-28(25)26/h7-18,29H,6,19-23H2,1-5H3,(H,37,40)/t29-,36-/m1/s1. The Balaban J connectivity index is 1.49. The van der Waals surface area contributed by atoms with Gasteiger partial charge >= 0.3 is 12.1 Å². The van der Waals surface area contributed by atoms with E-state index in [1.165, 1.54) is 4.90 Å². The van der Waals surface area contributed by atoms with E-state index >= 15 is 0 Å². The molecule has 0 spiro atoms. The van der Waals surface area contributed by atoms with Gasteiger partial charge in [-0.05, 0) is 67.8 Å². The summed E-state index contributed by atoms with van der Waals surface area (Å²) in [5.41, 5.74) is -0.210. The maximum atomic E-state index is 14.3. The molecule has 0 bridgehead atoms. The van der Waals surface area contributed by atoms with Gasteiger partial charge in [-0.1, -0.05) is 54.6 Å². The van der Waals surface area contributed by atoms with Gasteiger partial charge in [0.05, 0.1) is 26.2 Å². The average molecular weight is 628 g/mol. The fourth-order valence-electron chi connectivity index (χ4n) is 6.26. The number of fused-ring (bicyclic) bond motifs is 2. The van der Waals surface area contributed by atoms with Crippen molar-refractivity contribution in [3.8, 4) is 5.75 Å². The zero-order valence-corrected chi connectivity index (χ0v) is 27.0. The third-order valence-corrected chi connectivity index (χ3v) is 8.39. The Bertz CT molecular complexity index is 1650. The van der Waals surface area contributed by atoms with Gasteiger partial charge in [0.1, 0.15) is 16.8 Å². The fourth-order valence-corrected chi connectivity index (χ4v) is 6.26. The Hall–Kier alpha value is -4.86. The van der Waals surface area contributed by atoms with Gasteiger partial charge in [0.15, 0.2) is 0 Å². The second-order valence-electron chi connectivity index (χ2n) is 12.6. The summed E-state index contributed by atoms with van der Waals surface area (Å²) < 4.78 is 16.5. The predicted molar refractivity (Wildman–Crippen MR) is 172 cm³/mol. The van der Waals surface area contributed by atoms with Crippen LogP contribution in [0, 0.1) is 11.3 Å². The van der Waals surface area contributed by atoms with Crippen LogP contribution in [-0.4, -0.2) is 66.1 Å². The average Bonchev–Trinajstić information content (AvgIpc) is 3.26. The molecule has 2 heterocycles. The molecular formula is C36H41N3O7. The Morgan fingerprint density at radius 2 is 1.72 bits per heavy atom. The molecule has 1 saturated heterocycles. The van der Waals surface area contributed by atoms with Gasteiger partial charge in [-0.25, -0.2) is 4.79 Å². The molecule has 1 fully saturated rings. The van der Waals surface area contributed by atoms with E-state index in [4.69, 9.17) is 14.2 Å². The molecule has 10 nitrogen and oxygen atoms in total. The molecule has 0 aromatic heterocycles. The van der Waals surface area contributed by atoms with Crippen LogP contribution in [0.5, 0.6) is 5.75 Å². The Morgan fingerprint density at radius 3 is 2.41 bits per heavy atom. The molecule has 0 aliphatic carbocycles. The predicted octanol–water partition coefficient (Wildman–Crippen LogP) is 5.20. The number of nitrogens with one attached hydrogen (secondary N) is 1. The van der Waals surface area contributed by atoms with Crippen LogP contribution in [0.3, 0.4) is 0 Å². The number of rotatable bonds is 9. The number of ether oxygens (including phenoxy) is 3. The van der Waals surface area contributed by atoms with Crippen molar-refractivity contribution in [2.24, 2.45) is 11.3 Å². The number of carbonyl (C=O) groups is 4. The van der Waals surface area contributed by atoms with Gasteiger partial charge in [-0.2, -0.15) is 0 Å². The SMILES string of the molecule is CCOC(=O)[C@@]12CN(C(=O)OC(C)(C)C)CC=C1N(Cc1ccc(OC)cc1)C(=O)[C@H]2CC(=O)NCc1cccc2ccccc12. The van der Waals surface area contributed by atoms with Gasteiger partial charge < -0.3 is 29.3 Å². The van der Waals surface area contributed by atoms with Crippen molar-refractivity contribution >= 4 is 34.6 Å². The lowest BCUT2D eigenvalue weighted by atomic mass is 9.71. The molecule has 2 aliphatic rings. The summed E-state index contributed by atoms with van der Waals surface area (Å²) in [5.74, 6) is -1.89. The van der Waals surface area contributed by atoms with E-state index in [9.17, 15) is 19.2 Å². The number of amides is 3. The van der Waals surface area contributed by atoms with E-state index in [0.29, 0.717) is 11.4 Å². The molecule has 2 aliphatic heterocycles. The Morgan fingerprint density at radius 1 is 1.00 bits per heavy atom. The Kier molecular flexibility index (Phi) is 9.37. The number of hydrogen-bond donors (Lipinski definition) is 1. The summed E-state index contributed by atoms with van der Waals surface area (Å²) >= 11 is 0. The van der Waals surface area contributed by atoms with Crippen LogP contribution in [0.1, 0.15) is 45.2 Å². The first-order valence-electron chi connectivity index (χ1n) is 15.5. The van der Waals surface area contributed by atoms with Crippen LogP contribution in [-0.2, 0) is 36.9 Å². The number of hydrogen-bond acceptors (Lipinski definition) is 7. The summed E-state index contributed by atoms with van der Waals surface area (Å²) in [4.78, 5) is 58.2. The van der Waals surface area contributed by atoms with Crippen LogP contribution < -0.4 is 10.1 Å². The molecule has 2 atom stereocenters. The van der Waals surface area contributed by atoms with Crippen molar-refractivity contribution in [2.75, 3.05) is 26.8 Å². The first-order valence-corrected chi connectivity index (χ1v) is 15.5.